The lowest BCUT2D eigenvalue weighted by Gasteiger charge is -2.31. The van der Waals surface area contributed by atoms with E-state index in [1.54, 1.807) is 13.1 Å². The van der Waals surface area contributed by atoms with E-state index in [0.717, 1.165) is 36.6 Å². The molecule has 1 N–H and O–H groups in total. The number of likely N-dealkylation sites (tertiary alicyclic amines) is 1. The predicted octanol–water partition coefficient (Wildman–Crippen LogP) is 1.89. The molecule has 8 heteroatoms. The Balaban J connectivity index is 1.50. The van der Waals surface area contributed by atoms with Gasteiger partial charge in [-0.15, -0.1) is 0 Å². The number of aromatic nitrogens is 5. The molecule has 4 rings (SSSR count). The van der Waals surface area contributed by atoms with Gasteiger partial charge in [0.25, 0.3) is 11.5 Å². The molecule has 0 aliphatic carbocycles. The number of amides is 1. The second-order valence-electron chi connectivity index (χ2n) is 7.13. The van der Waals surface area contributed by atoms with Gasteiger partial charge >= 0.3 is 0 Å². The number of H-pyrrole nitrogens is 1. The van der Waals surface area contributed by atoms with E-state index in [-0.39, 0.29) is 17.4 Å². The third-order valence-corrected chi connectivity index (χ3v) is 5.08. The number of benzene rings is 1. The largest absolute Gasteiger partial charge is 0.338 e. The summed E-state index contributed by atoms with van der Waals surface area (Å²) < 4.78 is 1.30. The molecule has 1 aromatic carbocycles. The number of piperidine rings is 1. The first-order valence-corrected chi connectivity index (χ1v) is 9.34. The number of hydrogen-bond donors (Lipinski definition) is 1. The van der Waals surface area contributed by atoms with Crippen molar-refractivity contribution in [1.82, 2.24) is 29.9 Å². The van der Waals surface area contributed by atoms with E-state index in [0.29, 0.717) is 17.8 Å². The summed E-state index contributed by atoms with van der Waals surface area (Å²) in [5, 5.41) is 11.4. The van der Waals surface area contributed by atoms with Crippen molar-refractivity contribution in [1.29, 1.82) is 0 Å². The summed E-state index contributed by atoms with van der Waals surface area (Å²) in [5.41, 5.74) is 2.04. The summed E-state index contributed by atoms with van der Waals surface area (Å²) in [6.07, 6.45) is 1.92. The summed E-state index contributed by atoms with van der Waals surface area (Å²) in [6, 6.07) is 10.5. The van der Waals surface area contributed by atoms with E-state index >= 15 is 0 Å². The number of carbonyl (C=O) groups is 1. The highest BCUT2D eigenvalue weighted by molar-refractivity contribution is 5.94. The Morgan fingerprint density at radius 1 is 1.18 bits per heavy atom. The molecule has 3 aromatic rings. The standard InChI is InChI=1S/C20H22N6O2/c1-13-21-19(23-22-13)16-4-3-11-26(12-16)20(28)15-7-5-14(6-8-15)17-9-10-18(27)25(2)24-17/h5-10,16H,3-4,11-12H2,1-2H3,(H,21,22,23)/t16-/m1/s1. The Morgan fingerprint density at radius 2 is 1.96 bits per heavy atom. The quantitative estimate of drug-likeness (QED) is 0.751. The summed E-state index contributed by atoms with van der Waals surface area (Å²) in [5.74, 6) is 1.75. The number of nitrogens with one attached hydrogen (secondary N) is 1. The molecule has 8 nitrogen and oxygen atoms in total. The van der Waals surface area contributed by atoms with Gasteiger partial charge in [-0.25, -0.2) is 9.67 Å². The predicted molar refractivity (Wildman–Crippen MR) is 104 cm³/mol. The van der Waals surface area contributed by atoms with Crippen LogP contribution in [0.15, 0.2) is 41.2 Å². The Bertz CT molecular complexity index is 1050. The van der Waals surface area contributed by atoms with Crippen LogP contribution in [0.2, 0.25) is 0 Å². The van der Waals surface area contributed by atoms with Crippen molar-refractivity contribution in [3.8, 4) is 11.3 Å². The van der Waals surface area contributed by atoms with Crippen LogP contribution >= 0.6 is 0 Å². The Labute approximate surface area is 162 Å². The minimum Gasteiger partial charge on any atom is -0.338 e. The highest BCUT2D eigenvalue weighted by Gasteiger charge is 2.27. The number of rotatable bonds is 3. The molecule has 2 aromatic heterocycles. The maximum absolute atomic E-state index is 12.9. The van der Waals surface area contributed by atoms with E-state index in [4.69, 9.17) is 0 Å². The molecule has 1 aliphatic rings. The lowest BCUT2D eigenvalue weighted by Crippen LogP contribution is -2.39. The lowest BCUT2D eigenvalue weighted by molar-refractivity contribution is 0.0704. The normalized spacial score (nSPS) is 16.9. The number of nitrogens with zero attached hydrogens (tertiary/aromatic N) is 5. The third-order valence-electron chi connectivity index (χ3n) is 5.08. The van der Waals surface area contributed by atoms with Crippen LogP contribution in [0.3, 0.4) is 0 Å². The zero-order valence-electron chi connectivity index (χ0n) is 15.9. The van der Waals surface area contributed by atoms with E-state index in [1.807, 2.05) is 36.1 Å². The second kappa shape index (κ2) is 7.38. The number of carbonyl (C=O) groups excluding carboxylic acids is 1. The average Bonchev–Trinajstić information content (AvgIpc) is 3.16. The average molecular weight is 378 g/mol. The first-order chi connectivity index (χ1) is 13.5. The fourth-order valence-corrected chi connectivity index (χ4v) is 3.54. The maximum atomic E-state index is 12.9. The van der Waals surface area contributed by atoms with Crippen molar-refractivity contribution in [3.63, 3.8) is 0 Å². The van der Waals surface area contributed by atoms with Crippen molar-refractivity contribution < 1.29 is 4.79 Å². The van der Waals surface area contributed by atoms with Crippen LogP contribution < -0.4 is 5.56 Å². The lowest BCUT2D eigenvalue weighted by atomic mass is 9.96. The SMILES string of the molecule is Cc1nc([C@@H]2CCCN(C(=O)c3ccc(-c4ccc(=O)n(C)n4)cc3)C2)n[nH]1. The Kier molecular flexibility index (Phi) is 4.77. The molecule has 1 fully saturated rings. The van der Waals surface area contributed by atoms with E-state index in [9.17, 15) is 9.59 Å². The van der Waals surface area contributed by atoms with Gasteiger partial charge in [-0.05, 0) is 38.0 Å². The van der Waals surface area contributed by atoms with Gasteiger partial charge < -0.3 is 4.90 Å². The van der Waals surface area contributed by atoms with Gasteiger partial charge in [-0.3, -0.25) is 14.7 Å². The summed E-state index contributed by atoms with van der Waals surface area (Å²) in [7, 11) is 1.62. The minimum atomic E-state index is -0.156. The van der Waals surface area contributed by atoms with Gasteiger partial charge in [0.15, 0.2) is 5.82 Å². The zero-order chi connectivity index (χ0) is 19.7. The number of aromatic amines is 1. The smallest absolute Gasteiger partial charge is 0.266 e. The van der Waals surface area contributed by atoms with Gasteiger partial charge in [-0.1, -0.05) is 12.1 Å². The topological polar surface area (TPSA) is 96.8 Å². The first kappa shape index (κ1) is 18.1. The van der Waals surface area contributed by atoms with Crippen LogP contribution in [0.4, 0.5) is 0 Å². The van der Waals surface area contributed by atoms with Crippen LogP contribution in [0.5, 0.6) is 0 Å². The molecule has 0 radical (unpaired) electrons. The minimum absolute atomic E-state index is 0.0110. The van der Waals surface area contributed by atoms with E-state index < -0.39 is 0 Å². The highest BCUT2D eigenvalue weighted by Crippen LogP contribution is 2.26. The van der Waals surface area contributed by atoms with Crippen molar-refractivity contribution in [2.75, 3.05) is 13.1 Å². The molecule has 1 saturated heterocycles. The number of aryl methyl sites for hydroxylation is 2. The van der Waals surface area contributed by atoms with Crippen LogP contribution in [-0.4, -0.2) is 48.9 Å². The van der Waals surface area contributed by atoms with E-state index in [1.165, 1.54) is 10.7 Å². The van der Waals surface area contributed by atoms with E-state index in [2.05, 4.69) is 20.3 Å². The maximum Gasteiger partial charge on any atom is 0.266 e. The molecule has 144 valence electrons. The molecule has 1 amide bonds. The van der Waals surface area contributed by atoms with Crippen LogP contribution in [0.1, 0.15) is 40.8 Å². The van der Waals surface area contributed by atoms with Gasteiger partial charge in [-0.2, -0.15) is 10.2 Å². The summed E-state index contributed by atoms with van der Waals surface area (Å²) in [4.78, 5) is 30.7. The van der Waals surface area contributed by atoms with Crippen LogP contribution in [-0.2, 0) is 7.05 Å². The molecule has 0 unspecified atom stereocenters. The van der Waals surface area contributed by atoms with Crippen LogP contribution in [0.25, 0.3) is 11.3 Å². The van der Waals surface area contributed by atoms with Gasteiger partial charge in [0.2, 0.25) is 0 Å². The second-order valence-corrected chi connectivity index (χ2v) is 7.13. The molecular formula is C20H22N6O2. The highest BCUT2D eigenvalue weighted by atomic mass is 16.2. The third kappa shape index (κ3) is 3.58. The van der Waals surface area contributed by atoms with Gasteiger partial charge in [0, 0.05) is 43.2 Å². The monoisotopic (exact) mass is 378 g/mol. The Hall–Kier alpha value is -3.29. The summed E-state index contributed by atoms with van der Waals surface area (Å²) in [6.45, 7) is 3.24. The van der Waals surface area contributed by atoms with Crippen molar-refractivity contribution in [2.45, 2.75) is 25.7 Å². The molecular weight excluding hydrogens is 356 g/mol. The van der Waals surface area contributed by atoms with Gasteiger partial charge in [0.1, 0.15) is 5.82 Å². The molecule has 0 saturated carbocycles. The number of hydrogen-bond acceptors (Lipinski definition) is 5. The first-order valence-electron chi connectivity index (χ1n) is 9.34. The van der Waals surface area contributed by atoms with Crippen molar-refractivity contribution in [2.24, 2.45) is 7.05 Å². The molecule has 1 aliphatic heterocycles. The Morgan fingerprint density at radius 3 is 2.64 bits per heavy atom. The summed E-state index contributed by atoms with van der Waals surface area (Å²) >= 11 is 0. The molecule has 0 bridgehead atoms. The zero-order valence-corrected chi connectivity index (χ0v) is 15.9. The molecule has 0 spiro atoms. The van der Waals surface area contributed by atoms with Crippen molar-refractivity contribution in [3.05, 3.63) is 64.0 Å². The fraction of sp³-hybridized carbons (Fsp3) is 0.350. The molecule has 28 heavy (non-hydrogen) atoms. The van der Waals surface area contributed by atoms with Crippen molar-refractivity contribution >= 4 is 5.91 Å². The van der Waals surface area contributed by atoms with Gasteiger partial charge in [0.05, 0.1) is 5.69 Å². The molecule has 3 heterocycles. The fourth-order valence-electron chi connectivity index (χ4n) is 3.54. The molecule has 1 atom stereocenters. The van der Waals surface area contributed by atoms with Crippen LogP contribution in [0, 0.1) is 6.92 Å².